The summed E-state index contributed by atoms with van der Waals surface area (Å²) in [5, 5.41) is 3.96. The molecule has 2 aromatic rings. The van der Waals surface area contributed by atoms with Crippen LogP contribution in [0.5, 0.6) is 0 Å². The lowest BCUT2D eigenvalue weighted by Crippen LogP contribution is -2.25. The van der Waals surface area contributed by atoms with E-state index in [-0.39, 0.29) is 5.91 Å². The number of carbonyl (C=O) groups is 1. The van der Waals surface area contributed by atoms with Gasteiger partial charge < -0.3 is 9.42 Å². The third-order valence-corrected chi connectivity index (χ3v) is 2.95. The Bertz CT molecular complexity index is 578. The van der Waals surface area contributed by atoms with Crippen LogP contribution in [0.1, 0.15) is 24.8 Å². The molecule has 5 heteroatoms. The second-order valence-electron chi connectivity index (χ2n) is 4.43. The minimum absolute atomic E-state index is 0.0515. The van der Waals surface area contributed by atoms with Gasteiger partial charge in [0.15, 0.2) is 0 Å². The Hall–Kier alpha value is -2.17. The molecule has 5 nitrogen and oxygen atoms in total. The zero-order chi connectivity index (χ0) is 13.8. The normalized spacial score (nSPS) is 10.5. The van der Waals surface area contributed by atoms with Gasteiger partial charge in [0.25, 0.3) is 0 Å². The Kier molecular flexibility index (Phi) is 3.94. The first-order valence-corrected chi connectivity index (χ1v) is 6.24. The average molecular weight is 259 g/mol. The number of aryl methyl sites for hydroxylation is 1. The number of rotatable bonds is 4. The summed E-state index contributed by atoms with van der Waals surface area (Å²) in [4.78, 5) is 17.4. The summed E-state index contributed by atoms with van der Waals surface area (Å²) >= 11 is 0. The molecule has 1 heterocycles. The predicted molar refractivity (Wildman–Crippen MR) is 71.2 cm³/mol. The Morgan fingerprint density at radius 1 is 1.37 bits per heavy atom. The van der Waals surface area contributed by atoms with Gasteiger partial charge >= 0.3 is 0 Å². The molecule has 0 radical (unpaired) electrons. The minimum Gasteiger partial charge on any atom is -0.337 e. The monoisotopic (exact) mass is 259 g/mol. The van der Waals surface area contributed by atoms with E-state index in [2.05, 4.69) is 10.1 Å². The first-order valence-electron chi connectivity index (χ1n) is 6.24. The van der Waals surface area contributed by atoms with Gasteiger partial charge in [0.2, 0.25) is 17.6 Å². The Labute approximate surface area is 112 Å². The lowest BCUT2D eigenvalue weighted by atomic mass is 10.1. The largest absolute Gasteiger partial charge is 0.337 e. The lowest BCUT2D eigenvalue weighted by molar-refractivity contribution is -0.130. The molecule has 1 aromatic heterocycles. The number of hydrogen-bond acceptors (Lipinski definition) is 4. The zero-order valence-corrected chi connectivity index (χ0v) is 11.4. The maximum Gasteiger partial charge on any atom is 0.246 e. The second-order valence-corrected chi connectivity index (χ2v) is 4.43. The highest BCUT2D eigenvalue weighted by molar-refractivity contribution is 5.75. The molecule has 0 saturated heterocycles. The van der Waals surface area contributed by atoms with E-state index in [1.54, 1.807) is 11.9 Å². The fourth-order valence-corrected chi connectivity index (χ4v) is 1.81. The summed E-state index contributed by atoms with van der Waals surface area (Å²) in [6, 6.07) is 7.85. The predicted octanol–water partition coefficient (Wildman–Crippen LogP) is 2.41. The van der Waals surface area contributed by atoms with Crippen molar-refractivity contribution in [2.24, 2.45) is 0 Å². The van der Waals surface area contributed by atoms with E-state index >= 15 is 0 Å². The van der Waals surface area contributed by atoms with Crippen LogP contribution in [-0.2, 0) is 11.3 Å². The first kappa shape index (κ1) is 13.3. The minimum atomic E-state index is 0.0515. The molecule has 19 heavy (non-hydrogen) atoms. The van der Waals surface area contributed by atoms with E-state index in [9.17, 15) is 4.79 Å². The molecule has 0 spiro atoms. The molecule has 0 fully saturated rings. The maximum absolute atomic E-state index is 11.5. The maximum atomic E-state index is 11.5. The third kappa shape index (κ3) is 2.99. The van der Waals surface area contributed by atoms with Crippen molar-refractivity contribution in [1.29, 1.82) is 0 Å². The van der Waals surface area contributed by atoms with E-state index in [0.29, 0.717) is 24.7 Å². The van der Waals surface area contributed by atoms with Crippen molar-refractivity contribution in [2.75, 3.05) is 7.05 Å². The van der Waals surface area contributed by atoms with Crippen LogP contribution in [0, 0.1) is 6.92 Å². The summed E-state index contributed by atoms with van der Waals surface area (Å²) in [5.74, 6) is 1.06. The Morgan fingerprint density at radius 2 is 2.11 bits per heavy atom. The van der Waals surface area contributed by atoms with Crippen molar-refractivity contribution in [2.45, 2.75) is 26.8 Å². The number of carbonyl (C=O) groups excluding carboxylic acids is 1. The van der Waals surface area contributed by atoms with Gasteiger partial charge in [-0.3, -0.25) is 4.79 Å². The summed E-state index contributed by atoms with van der Waals surface area (Å²) in [6.07, 6.45) is 0.468. The van der Waals surface area contributed by atoms with E-state index in [1.807, 2.05) is 38.1 Å². The van der Waals surface area contributed by atoms with Gasteiger partial charge in [-0.25, -0.2) is 0 Å². The molecule has 0 aliphatic heterocycles. The SMILES string of the molecule is CCC(=O)N(C)Cc1nc(-c2ccccc2C)no1. The van der Waals surface area contributed by atoms with Gasteiger partial charge in [0.05, 0.1) is 6.54 Å². The molecule has 0 saturated carbocycles. The molecular formula is C14H17N3O2. The third-order valence-electron chi connectivity index (χ3n) is 2.95. The van der Waals surface area contributed by atoms with E-state index in [4.69, 9.17) is 4.52 Å². The number of amides is 1. The molecule has 0 N–H and O–H groups in total. The standard InChI is InChI=1S/C14H17N3O2/c1-4-13(18)17(3)9-12-15-14(16-19-12)11-8-6-5-7-10(11)2/h5-8H,4,9H2,1-3H3. The summed E-state index contributed by atoms with van der Waals surface area (Å²) in [6.45, 7) is 4.16. The van der Waals surface area contributed by atoms with Crippen molar-refractivity contribution in [1.82, 2.24) is 15.0 Å². The van der Waals surface area contributed by atoms with Crippen LogP contribution in [0.25, 0.3) is 11.4 Å². The van der Waals surface area contributed by atoms with Crippen LogP contribution < -0.4 is 0 Å². The van der Waals surface area contributed by atoms with Crippen LogP contribution in [-0.4, -0.2) is 28.0 Å². The summed E-state index contributed by atoms with van der Waals surface area (Å²) in [7, 11) is 1.73. The molecule has 100 valence electrons. The number of aromatic nitrogens is 2. The molecule has 0 aliphatic carbocycles. The van der Waals surface area contributed by atoms with Gasteiger partial charge in [0.1, 0.15) is 0 Å². The molecule has 2 rings (SSSR count). The topological polar surface area (TPSA) is 59.2 Å². The summed E-state index contributed by atoms with van der Waals surface area (Å²) < 4.78 is 5.18. The van der Waals surface area contributed by atoms with E-state index < -0.39 is 0 Å². The van der Waals surface area contributed by atoms with Crippen molar-refractivity contribution < 1.29 is 9.32 Å². The van der Waals surface area contributed by atoms with Crippen LogP contribution in [0.2, 0.25) is 0 Å². The average Bonchev–Trinajstić information content (AvgIpc) is 2.86. The highest BCUT2D eigenvalue weighted by Gasteiger charge is 2.14. The molecule has 1 amide bonds. The summed E-state index contributed by atoms with van der Waals surface area (Å²) in [5.41, 5.74) is 2.04. The Morgan fingerprint density at radius 3 is 2.79 bits per heavy atom. The molecule has 1 aromatic carbocycles. The van der Waals surface area contributed by atoms with Gasteiger partial charge in [-0.15, -0.1) is 0 Å². The first-order chi connectivity index (χ1) is 9.11. The lowest BCUT2D eigenvalue weighted by Gasteiger charge is -2.12. The van der Waals surface area contributed by atoms with Crippen LogP contribution in [0.4, 0.5) is 0 Å². The number of hydrogen-bond donors (Lipinski definition) is 0. The fourth-order valence-electron chi connectivity index (χ4n) is 1.81. The van der Waals surface area contributed by atoms with Gasteiger partial charge in [-0.05, 0) is 12.5 Å². The van der Waals surface area contributed by atoms with Crippen molar-refractivity contribution in [3.63, 3.8) is 0 Å². The van der Waals surface area contributed by atoms with Gasteiger partial charge in [0, 0.05) is 19.0 Å². The van der Waals surface area contributed by atoms with Crippen molar-refractivity contribution in [3.8, 4) is 11.4 Å². The molecular weight excluding hydrogens is 242 g/mol. The smallest absolute Gasteiger partial charge is 0.246 e. The Balaban J connectivity index is 2.16. The van der Waals surface area contributed by atoms with Crippen LogP contribution in [0.3, 0.4) is 0 Å². The highest BCUT2D eigenvalue weighted by atomic mass is 16.5. The zero-order valence-electron chi connectivity index (χ0n) is 11.4. The van der Waals surface area contributed by atoms with E-state index in [1.165, 1.54) is 0 Å². The van der Waals surface area contributed by atoms with Crippen LogP contribution in [0.15, 0.2) is 28.8 Å². The van der Waals surface area contributed by atoms with Crippen molar-refractivity contribution >= 4 is 5.91 Å². The fraction of sp³-hybridized carbons (Fsp3) is 0.357. The molecule has 0 aliphatic rings. The molecule has 0 bridgehead atoms. The highest BCUT2D eigenvalue weighted by Crippen LogP contribution is 2.20. The number of nitrogens with zero attached hydrogens (tertiary/aromatic N) is 3. The van der Waals surface area contributed by atoms with Crippen LogP contribution >= 0.6 is 0 Å². The van der Waals surface area contributed by atoms with Gasteiger partial charge in [-0.2, -0.15) is 4.98 Å². The second kappa shape index (κ2) is 5.65. The molecule has 0 atom stereocenters. The number of benzene rings is 1. The van der Waals surface area contributed by atoms with E-state index in [0.717, 1.165) is 11.1 Å². The van der Waals surface area contributed by atoms with Crippen molar-refractivity contribution in [3.05, 3.63) is 35.7 Å². The molecule has 0 unspecified atom stereocenters. The van der Waals surface area contributed by atoms with Gasteiger partial charge in [-0.1, -0.05) is 36.3 Å². The quantitative estimate of drug-likeness (QED) is 0.846.